The third-order valence-corrected chi connectivity index (χ3v) is 8.71. The van der Waals surface area contributed by atoms with Gasteiger partial charge in [0.05, 0.1) is 11.5 Å². The Labute approximate surface area is 320 Å². The number of halogens is 2. The summed E-state index contributed by atoms with van der Waals surface area (Å²) in [4.78, 5) is 0. The largest absolute Gasteiger partial charge is 4.00 e. The molecule has 0 spiro atoms. The van der Waals surface area contributed by atoms with Gasteiger partial charge in [0.15, 0.2) is 0 Å². The summed E-state index contributed by atoms with van der Waals surface area (Å²) < 4.78 is 12.2. The van der Waals surface area contributed by atoms with Crippen molar-refractivity contribution in [3.63, 3.8) is 0 Å². The Kier molecular flexibility index (Phi) is 12.9. The summed E-state index contributed by atoms with van der Waals surface area (Å²) in [5, 5.41) is 5.22. The molecule has 0 aliphatic rings. The van der Waals surface area contributed by atoms with Crippen LogP contribution in [0.1, 0.15) is 50.7 Å². The van der Waals surface area contributed by atoms with E-state index in [4.69, 9.17) is 8.83 Å². The van der Waals surface area contributed by atoms with Crippen molar-refractivity contribution < 1.29 is 59.9 Å². The Morgan fingerprint density at radius 3 is 1.16 bits per heavy atom. The molecule has 0 radical (unpaired) electrons. The van der Waals surface area contributed by atoms with Crippen molar-refractivity contribution in [1.29, 1.82) is 0 Å². The van der Waals surface area contributed by atoms with E-state index in [9.17, 15) is 0 Å². The zero-order valence-corrected chi connectivity index (χ0v) is 32.1. The number of fused-ring (bicyclic) bond motifs is 2. The molecule has 0 saturated carbocycles. The van der Waals surface area contributed by atoms with Crippen LogP contribution in [0.5, 0.6) is 0 Å². The number of hydrogen-bond acceptors (Lipinski definition) is 2. The van der Waals surface area contributed by atoms with Crippen LogP contribution >= 0.6 is 0 Å². The molecule has 2 aromatic heterocycles. The molecule has 8 rings (SSSR count). The number of rotatable bonds is 6. The molecule has 0 atom stereocenters. The van der Waals surface area contributed by atoms with Crippen LogP contribution in [0.25, 0.3) is 66.8 Å². The molecule has 5 heteroatoms. The van der Waals surface area contributed by atoms with E-state index in [1.165, 1.54) is 32.7 Å². The number of hydrogen-bond donors (Lipinski definition) is 0. The van der Waals surface area contributed by atoms with E-state index in [1.54, 1.807) is 0 Å². The van der Waals surface area contributed by atoms with E-state index in [0.29, 0.717) is 11.8 Å². The van der Waals surface area contributed by atoms with Gasteiger partial charge in [0.1, 0.15) is 11.5 Å². The molecule has 0 N–H and O–H groups in total. The van der Waals surface area contributed by atoms with Gasteiger partial charge in [-0.15, -0.1) is 57.9 Å². The Hall–Kier alpha value is -3.88. The van der Waals surface area contributed by atoms with Gasteiger partial charge < -0.3 is 33.6 Å². The van der Waals surface area contributed by atoms with Crippen molar-refractivity contribution in [3.8, 4) is 45.3 Å². The SMILES string of the molecule is CC(C)c1cccc2[cH-]c(-c3ccc(-c4ccccc4)o3)cc12.CC(C)c1cccc2[cH-]c(-c3ccc(-c4ccccc4)o3)cc12.[Cl-].[Cl-].[Zr+4]. The van der Waals surface area contributed by atoms with Gasteiger partial charge in [0.25, 0.3) is 0 Å². The third-order valence-electron chi connectivity index (χ3n) is 8.71. The van der Waals surface area contributed by atoms with Gasteiger partial charge in [0, 0.05) is 11.1 Å². The maximum Gasteiger partial charge on any atom is 4.00 e. The normalized spacial score (nSPS) is 10.7. The fourth-order valence-corrected chi connectivity index (χ4v) is 6.31. The minimum absolute atomic E-state index is 0. The molecule has 0 amide bonds. The Morgan fingerprint density at radius 2 is 0.796 bits per heavy atom. The van der Waals surface area contributed by atoms with Crippen molar-refractivity contribution in [2.45, 2.75) is 39.5 Å². The van der Waals surface area contributed by atoms with E-state index in [1.807, 2.05) is 48.5 Å². The summed E-state index contributed by atoms with van der Waals surface area (Å²) in [5.74, 6) is 4.71. The summed E-state index contributed by atoms with van der Waals surface area (Å²) in [6, 6.07) is 50.6. The second-order valence-electron chi connectivity index (χ2n) is 12.6. The summed E-state index contributed by atoms with van der Waals surface area (Å²) in [6.07, 6.45) is 0. The molecule has 0 aliphatic carbocycles. The smallest absolute Gasteiger partial charge is 1.00 e. The van der Waals surface area contributed by atoms with Crippen LogP contribution < -0.4 is 24.8 Å². The molecule has 2 nitrogen and oxygen atoms in total. The molecule has 244 valence electrons. The third kappa shape index (κ3) is 8.13. The van der Waals surface area contributed by atoms with Crippen LogP contribution in [0.4, 0.5) is 0 Å². The van der Waals surface area contributed by atoms with E-state index < -0.39 is 0 Å². The van der Waals surface area contributed by atoms with Crippen LogP contribution in [-0.2, 0) is 26.2 Å². The quantitative estimate of drug-likeness (QED) is 0.168. The average molecular weight is 761 g/mol. The van der Waals surface area contributed by atoms with Crippen molar-refractivity contribution in [2.24, 2.45) is 0 Å². The second kappa shape index (κ2) is 16.7. The van der Waals surface area contributed by atoms with E-state index in [0.717, 1.165) is 45.3 Å². The van der Waals surface area contributed by atoms with E-state index in [-0.39, 0.29) is 51.0 Å². The minimum atomic E-state index is 0. The van der Waals surface area contributed by atoms with Crippen LogP contribution in [0.3, 0.4) is 0 Å². The minimum Gasteiger partial charge on any atom is -1.00 e. The van der Waals surface area contributed by atoms with Gasteiger partial charge in [-0.3, -0.25) is 0 Å². The van der Waals surface area contributed by atoms with Gasteiger partial charge in [-0.25, -0.2) is 0 Å². The fraction of sp³-hybridized carbons (Fsp3) is 0.136. The topological polar surface area (TPSA) is 26.3 Å². The van der Waals surface area contributed by atoms with Crippen LogP contribution in [0.15, 0.2) is 154 Å². The monoisotopic (exact) mass is 758 g/mol. The van der Waals surface area contributed by atoms with Gasteiger partial charge in [-0.1, -0.05) is 135 Å². The molecule has 0 unspecified atom stereocenters. The molecular formula is C44H38Cl2O2Zr. The van der Waals surface area contributed by atoms with Gasteiger partial charge in [-0.05, 0) is 36.1 Å². The molecule has 6 aromatic carbocycles. The fourth-order valence-electron chi connectivity index (χ4n) is 6.31. The number of benzene rings is 4. The molecule has 0 saturated heterocycles. The molecule has 8 aromatic rings. The molecule has 0 fully saturated rings. The average Bonchev–Trinajstić information content (AvgIpc) is 3.90. The first-order valence-electron chi connectivity index (χ1n) is 16.1. The summed E-state index contributed by atoms with van der Waals surface area (Å²) in [7, 11) is 0. The van der Waals surface area contributed by atoms with Crippen molar-refractivity contribution in [2.75, 3.05) is 0 Å². The standard InChI is InChI=1S/2C22H19O.2ClH.Zr/c2*1-15(2)19-10-6-9-17-13-18(14-20(17)19)22-12-11-21(23-22)16-7-4-3-5-8-16;;;/h2*3-15H,1-2H3;2*1H;/q2*-1;;;+4/p-2. The maximum atomic E-state index is 6.09. The molecular weight excluding hydrogens is 723 g/mol. The summed E-state index contributed by atoms with van der Waals surface area (Å²) in [5.41, 5.74) is 7.30. The van der Waals surface area contributed by atoms with Crippen LogP contribution in [-0.4, -0.2) is 0 Å². The number of furan rings is 2. The Bertz CT molecular complexity index is 2060. The summed E-state index contributed by atoms with van der Waals surface area (Å²) in [6.45, 7) is 8.95. The van der Waals surface area contributed by atoms with Gasteiger partial charge in [0.2, 0.25) is 0 Å². The second-order valence-corrected chi connectivity index (χ2v) is 12.6. The van der Waals surface area contributed by atoms with E-state index >= 15 is 0 Å². The van der Waals surface area contributed by atoms with Gasteiger partial charge in [-0.2, -0.15) is 0 Å². The maximum absolute atomic E-state index is 6.09. The first-order valence-corrected chi connectivity index (χ1v) is 16.1. The zero-order valence-electron chi connectivity index (χ0n) is 28.1. The molecule has 0 bridgehead atoms. The van der Waals surface area contributed by atoms with Crippen LogP contribution in [0.2, 0.25) is 0 Å². The van der Waals surface area contributed by atoms with Crippen molar-refractivity contribution in [1.82, 2.24) is 0 Å². The first-order chi connectivity index (χ1) is 22.4. The van der Waals surface area contributed by atoms with Crippen molar-refractivity contribution >= 4 is 21.5 Å². The summed E-state index contributed by atoms with van der Waals surface area (Å²) >= 11 is 0. The van der Waals surface area contributed by atoms with Crippen molar-refractivity contribution in [3.05, 3.63) is 157 Å². The first kappa shape index (κ1) is 37.9. The zero-order chi connectivity index (χ0) is 31.6. The predicted molar refractivity (Wildman–Crippen MR) is 194 cm³/mol. The predicted octanol–water partition coefficient (Wildman–Crippen LogP) is 7.22. The molecule has 49 heavy (non-hydrogen) atoms. The Balaban J connectivity index is 0.000000208. The Morgan fingerprint density at radius 1 is 0.429 bits per heavy atom. The van der Waals surface area contributed by atoms with Gasteiger partial charge >= 0.3 is 26.2 Å². The molecule has 0 aliphatic heterocycles. The van der Waals surface area contributed by atoms with Crippen LogP contribution in [0, 0.1) is 0 Å². The van der Waals surface area contributed by atoms with E-state index in [2.05, 4.69) is 125 Å². The molecule has 2 heterocycles.